The predicted octanol–water partition coefficient (Wildman–Crippen LogP) is 3.98. The highest BCUT2D eigenvalue weighted by Gasteiger charge is 2.32. The van der Waals surface area contributed by atoms with Crippen LogP contribution in [0.1, 0.15) is 37.8 Å². The van der Waals surface area contributed by atoms with Crippen molar-refractivity contribution in [2.24, 2.45) is 0 Å². The van der Waals surface area contributed by atoms with Crippen LogP contribution in [0.4, 0.5) is 13.2 Å². The zero-order valence-corrected chi connectivity index (χ0v) is 10.1. The Hall–Kier alpha value is -1.03. The van der Waals surface area contributed by atoms with Crippen LogP contribution in [0.25, 0.3) is 0 Å². The third-order valence-electron chi connectivity index (χ3n) is 2.89. The topological polar surface area (TPSA) is 12.0 Å². The van der Waals surface area contributed by atoms with E-state index in [1.807, 2.05) is 13.8 Å². The largest absolute Gasteiger partial charge is 0.416 e. The van der Waals surface area contributed by atoms with Gasteiger partial charge in [-0.25, -0.2) is 0 Å². The van der Waals surface area contributed by atoms with Crippen LogP contribution < -0.4 is 5.32 Å². The summed E-state index contributed by atoms with van der Waals surface area (Å²) in [7, 11) is 0. The molecule has 0 unspecified atom stereocenters. The highest BCUT2D eigenvalue weighted by atomic mass is 19.4. The van der Waals surface area contributed by atoms with E-state index < -0.39 is 11.7 Å². The van der Waals surface area contributed by atoms with Crippen molar-refractivity contribution in [3.05, 3.63) is 35.4 Å². The normalized spacial score (nSPS) is 12.1. The Balaban J connectivity index is 2.77. The first kappa shape index (κ1) is 14.0. The average Bonchev–Trinajstić information content (AvgIpc) is 2.29. The van der Waals surface area contributed by atoms with Gasteiger partial charge in [0.1, 0.15) is 0 Å². The summed E-state index contributed by atoms with van der Waals surface area (Å²) in [5, 5.41) is 3.15. The summed E-state index contributed by atoms with van der Waals surface area (Å²) < 4.78 is 38.1. The molecule has 0 aliphatic rings. The van der Waals surface area contributed by atoms with Gasteiger partial charge in [0.15, 0.2) is 0 Å². The Bertz CT molecular complexity index is 343. The van der Waals surface area contributed by atoms with Gasteiger partial charge in [-0.3, -0.25) is 0 Å². The van der Waals surface area contributed by atoms with Gasteiger partial charge >= 0.3 is 6.18 Å². The van der Waals surface area contributed by atoms with Gasteiger partial charge in [-0.15, -0.1) is 0 Å². The van der Waals surface area contributed by atoms with Gasteiger partial charge in [0.2, 0.25) is 0 Å². The first-order valence-electron chi connectivity index (χ1n) is 5.87. The molecule has 96 valence electrons. The summed E-state index contributed by atoms with van der Waals surface area (Å²) in [4.78, 5) is 0. The van der Waals surface area contributed by atoms with E-state index in [2.05, 4.69) is 5.32 Å². The number of halogens is 3. The van der Waals surface area contributed by atoms with Crippen LogP contribution in [0.15, 0.2) is 24.3 Å². The Labute approximate surface area is 100 Å². The maximum absolute atomic E-state index is 12.7. The molecule has 1 aromatic carbocycles. The van der Waals surface area contributed by atoms with Crippen molar-refractivity contribution in [2.45, 2.75) is 45.5 Å². The van der Waals surface area contributed by atoms with Crippen molar-refractivity contribution in [3.63, 3.8) is 0 Å². The first-order valence-corrected chi connectivity index (χ1v) is 5.87. The smallest absolute Gasteiger partial charge is 0.310 e. The minimum atomic E-state index is -4.27. The Morgan fingerprint density at radius 2 is 1.71 bits per heavy atom. The Morgan fingerprint density at radius 3 is 2.24 bits per heavy atom. The fraction of sp³-hybridized carbons (Fsp3) is 0.538. The van der Waals surface area contributed by atoms with E-state index in [4.69, 9.17) is 0 Å². The predicted molar refractivity (Wildman–Crippen MR) is 62.7 cm³/mol. The van der Waals surface area contributed by atoms with Crippen molar-refractivity contribution in [1.82, 2.24) is 5.32 Å². The zero-order chi connectivity index (χ0) is 12.9. The molecule has 0 saturated carbocycles. The van der Waals surface area contributed by atoms with Crippen LogP contribution in [0.5, 0.6) is 0 Å². The van der Waals surface area contributed by atoms with Crippen LogP contribution >= 0.6 is 0 Å². The van der Waals surface area contributed by atoms with Crippen molar-refractivity contribution in [1.29, 1.82) is 0 Å². The fourth-order valence-corrected chi connectivity index (χ4v) is 1.78. The van der Waals surface area contributed by atoms with Gasteiger partial charge < -0.3 is 5.32 Å². The second kappa shape index (κ2) is 6.05. The minimum Gasteiger partial charge on any atom is -0.310 e. The lowest BCUT2D eigenvalue weighted by atomic mass is 10.1. The van der Waals surface area contributed by atoms with Gasteiger partial charge in [-0.2, -0.15) is 13.2 Å². The van der Waals surface area contributed by atoms with Crippen molar-refractivity contribution >= 4 is 0 Å². The summed E-state index contributed by atoms with van der Waals surface area (Å²) in [6.07, 6.45) is -2.43. The lowest BCUT2D eigenvalue weighted by Gasteiger charge is -2.17. The molecule has 0 fully saturated rings. The summed E-state index contributed by atoms with van der Waals surface area (Å²) >= 11 is 0. The summed E-state index contributed by atoms with van der Waals surface area (Å²) in [6.45, 7) is 4.32. The second-order valence-electron chi connectivity index (χ2n) is 4.05. The van der Waals surface area contributed by atoms with Gasteiger partial charge in [0.05, 0.1) is 5.56 Å². The monoisotopic (exact) mass is 245 g/mol. The highest BCUT2D eigenvalue weighted by molar-refractivity contribution is 5.29. The molecule has 1 nitrogen and oxygen atoms in total. The quantitative estimate of drug-likeness (QED) is 0.827. The lowest BCUT2D eigenvalue weighted by Crippen LogP contribution is -2.28. The van der Waals surface area contributed by atoms with Gasteiger partial charge in [-0.05, 0) is 24.5 Å². The molecule has 0 radical (unpaired) electrons. The van der Waals surface area contributed by atoms with Gasteiger partial charge in [0.25, 0.3) is 0 Å². The second-order valence-corrected chi connectivity index (χ2v) is 4.05. The van der Waals surface area contributed by atoms with E-state index in [9.17, 15) is 13.2 Å². The number of rotatable bonds is 5. The van der Waals surface area contributed by atoms with Crippen LogP contribution in [0.2, 0.25) is 0 Å². The summed E-state index contributed by atoms with van der Waals surface area (Å²) in [5.41, 5.74) is -0.231. The third-order valence-corrected chi connectivity index (χ3v) is 2.89. The van der Waals surface area contributed by atoms with E-state index in [1.54, 1.807) is 6.07 Å². The molecule has 0 atom stereocenters. The summed E-state index contributed by atoms with van der Waals surface area (Å²) in [6, 6.07) is 5.99. The number of hydrogen-bond acceptors (Lipinski definition) is 1. The van der Waals surface area contributed by atoms with Gasteiger partial charge in [-0.1, -0.05) is 32.0 Å². The molecule has 0 aliphatic heterocycles. The third kappa shape index (κ3) is 4.04. The van der Waals surface area contributed by atoms with Crippen molar-refractivity contribution in [3.8, 4) is 0 Å². The first-order chi connectivity index (χ1) is 7.99. The molecule has 1 rings (SSSR count). The van der Waals surface area contributed by atoms with Crippen LogP contribution in [0.3, 0.4) is 0 Å². The minimum absolute atomic E-state index is 0.266. The molecule has 0 aliphatic carbocycles. The molecular weight excluding hydrogens is 227 g/mol. The molecule has 0 saturated heterocycles. The average molecular weight is 245 g/mol. The van der Waals surface area contributed by atoms with E-state index in [0.717, 1.165) is 18.9 Å². The van der Waals surface area contributed by atoms with E-state index in [0.29, 0.717) is 5.56 Å². The van der Waals surface area contributed by atoms with Gasteiger partial charge in [0, 0.05) is 12.6 Å². The molecular formula is C13H18F3N. The SMILES string of the molecule is CCC(CC)NCc1ccccc1C(F)(F)F. The van der Waals surface area contributed by atoms with Crippen LogP contribution in [0, 0.1) is 0 Å². The molecule has 4 heteroatoms. The number of nitrogens with one attached hydrogen (secondary N) is 1. The molecule has 0 bridgehead atoms. The maximum Gasteiger partial charge on any atom is 0.416 e. The molecule has 0 amide bonds. The van der Waals surface area contributed by atoms with E-state index >= 15 is 0 Å². The van der Waals surface area contributed by atoms with Crippen LogP contribution in [-0.2, 0) is 12.7 Å². The van der Waals surface area contributed by atoms with Crippen molar-refractivity contribution in [2.75, 3.05) is 0 Å². The number of benzene rings is 1. The maximum atomic E-state index is 12.7. The molecule has 1 aromatic rings. The van der Waals surface area contributed by atoms with Crippen molar-refractivity contribution < 1.29 is 13.2 Å². The molecule has 0 spiro atoms. The number of hydrogen-bond donors (Lipinski definition) is 1. The summed E-state index contributed by atoms with van der Waals surface area (Å²) in [5.74, 6) is 0. The number of alkyl halides is 3. The molecule has 1 N–H and O–H groups in total. The fourth-order valence-electron chi connectivity index (χ4n) is 1.78. The van der Waals surface area contributed by atoms with E-state index in [1.165, 1.54) is 12.1 Å². The zero-order valence-electron chi connectivity index (χ0n) is 10.1. The Kier molecular flexibility index (Phi) is 5.00. The van der Waals surface area contributed by atoms with Crippen LogP contribution in [-0.4, -0.2) is 6.04 Å². The lowest BCUT2D eigenvalue weighted by molar-refractivity contribution is -0.138. The standard InChI is InChI=1S/C13H18F3N/c1-3-11(4-2)17-9-10-7-5-6-8-12(10)13(14,15)16/h5-8,11,17H,3-4,9H2,1-2H3. The highest BCUT2D eigenvalue weighted by Crippen LogP contribution is 2.31. The molecule has 0 aromatic heterocycles. The van der Waals surface area contributed by atoms with E-state index in [-0.39, 0.29) is 12.6 Å². The molecule has 17 heavy (non-hydrogen) atoms. The molecule has 0 heterocycles. The Morgan fingerprint density at radius 1 is 1.12 bits per heavy atom.